The Morgan fingerprint density at radius 2 is 1.95 bits per heavy atom. The van der Waals surface area contributed by atoms with Crippen molar-refractivity contribution in [3.8, 4) is 11.3 Å². The Morgan fingerprint density at radius 3 is 2.47 bits per heavy atom. The minimum atomic E-state index is -0.107. The molecule has 5 heteroatoms. The maximum absolute atomic E-state index is 6.28. The molecule has 0 spiro atoms. The summed E-state index contributed by atoms with van der Waals surface area (Å²) in [5.41, 5.74) is 7.85. The highest BCUT2D eigenvalue weighted by Crippen LogP contribution is 2.36. The summed E-state index contributed by atoms with van der Waals surface area (Å²) in [5.74, 6) is 1.56. The molecular formula is C14H17BrClN3. The maximum atomic E-state index is 6.28. The number of imidazole rings is 1. The van der Waals surface area contributed by atoms with Crippen LogP contribution >= 0.6 is 27.5 Å². The first-order valence-corrected chi connectivity index (χ1v) is 7.19. The quantitative estimate of drug-likeness (QED) is 0.822. The van der Waals surface area contributed by atoms with Crippen molar-refractivity contribution in [3.63, 3.8) is 0 Å². The molecule has 0 bridgehead atoms. The van der Waals surface area contributed by atoms with Crippen LogP contribution in [0.2, 0.25) is 5.02 Å². The van der Waals surface area contributed by atoms with Gasteiger partial charge in [0.05, 0.1) is 0 Å². The topological polar surface area (TPSA) is 43.8 Å². The molecule has 0 aliphatic rings. The van der Waals surface area contributed by atoms with E-state index in [-0.39, 0.29) is 5.54 Å². The van der Waals surface area contributed by atoms with Gasteiger partial charge in [0.25, 0.3) is 0 Å². The molecule has 2 aromatic rings. The normalized spacial score (nSPS) is 11.9. The van der Waals surface area contributed by atoms with Gasteiger partial charge in [0.1, 0.15) is 17.3 Å². The third kappa shape index (κ3) is 2.65. The number of anilines is 1. The Balaban J connectivity index is 2.68. The summed E-state index contributed by atoms with van der Waals surface area (Å²) in [6.07, 6.45) is 0. The van der Waals surface area contributed by atoms with Gasteiger partial charge >= 0.3 is 0 Å². The van der Waals surface area contributed by atoms with Crippen LogP contribution in [0.1, 0.15) is 26.6 Å². The van der Waals surface area contributed by atoms with Gasteiger partial charge in [-0.2, -0.15) is 0 Å². The van der Waals surface area contributed by atoms with Crippen LogP contribution in [-0.2, 0) is 5.54 Å². The fourth-order valence-electron chi connectivity index (χ4n) is 2.27. The van der Waals surface area contributed by atoms with E-state index in [0.29, 0.717) is 10.8 Å². The molecule has 0 radical (unpaired) electrons. The van der Waals surface area contributed by atoms with E-state index in [2.05, 4.69) is 41.7 Å². The molecule has 0 saturated heterocycles. The highest BCUT2D eigenvalue weighted by molar-refractivity contribution is 9.10. The number of benzene rings is 1. The molecule has 2 rings (SSSR count). The number of nitrogen functional groups attached to an aromatic ring is 1. The standard InChI is InChI=1S/C14H17BrClN3/c1-8-18-12(13(17)19(8)14(2,3)4)10-7-9(16)5-6-11(10)15/h5-7H,17H2,1-4H3. The molecule has 1 heterocycles. The number of aryl methyl sites for hydroxylation is 1. The molecule has 3 nitrogen and oxygen atoms in total. The Morgan fingerprint density at radius 1 is 1.32 bits per heavy atom. The minimum Gasteiger partial charge on any atom is -0.383 e. The largest absolute Gasteiger partial charge is 0.383 e. The molecule has 19 heavy (non-hydrogen) atoms. The van der Waals surface area contributed by atoms with Crippen LogP contribution in [0.15, 0.2) is 22.7 Å². The Labute approximate surface area is 126 Å². The van der Waals surface area contributed by atoms with Gasteiger partial charge in [-0.25, -0.2) is 4.98 Å². The molecule has 1 aromatic carbocycles. The van der Waals surface area contributed by atoms with Crippen molar-refractivity contribution in [1.82, 2.24) is 9.55 Å². The van der Waals surface area contributed by atoms with Crippen LogP contribution in [0.25, 0.3) is 11.3 Å². The zero-order chi connectivity index (χ0) is 14.4. The summed E-state index contributed by atoms with van der Waals surface area (Å²) in [4.78, 5) is 4.60. The summed E-state index contributed by atoms with van der Waals surface area (Å²) in [6.45, 7) is 8.28. The molecule has 0 aliphatic carbocycles. The lowest BCUT2D eigenvalue weighted by atomic mass is 10.1. The van der Waals surface area contributed by atoms with Gasteiger partial charge in [-0.3, -0.25) is 0 Å². The molecular weight excluding hydrogens is 326 g/mol. The number of nitrogens with zero attached hydrogens (tertiary/aromatic N) is 2. The van der Waals surface area contributed by atoms with E-state index in [4.69, 9.17) is 17.3 Å². The van der Waals surface area contributed by atoms with Crippen molar-refractivity contribution in [3.05, 3.63) is 33.5 Å². The van der Waals surface area contributed by atoms with E-state index in [1.165, 1.54) is 0 Å². The van der Waals surface area contributed by atoms with Crippen LogP contribution in [0.4, 0.5) is 5.82 Å². The predicted molar refractivity (Wildman–Crippen MR) is 84.5 cm³/mol. The minimum absolute atomic E-state index is 0.107. The summed E-state index contributed by atoms with van der Waals surface area (Å²) < 4.78 is 2.97. The molecule has 0 unspecified atom stereocenters. The third-order valence-electron chi connectivity index (χ3n) is 2.94. The van der Waals surface area contributed by atoms with Crippen molar-refractivity contribution in [2.24, 2.45) is 0 Å². The van der Waals surface area contributed by atoms with Gasteiger partial charge in [-0.1, -0.05) is 27.5 Å². The highest BCUT2D eigenvalue weighted by Gasteiger charge is 2.23. The van der Waals surface area contributed by atoms with Crippen LogP contribution < -0.4 is 5.73 Å². The molecule has 0 amide bonds. The average molecular weight is 343 g/mol. The van der Waals surface area contributed by atoms with E-state index in [1.807, 2.05) is 29.7 Å². The van der Waals surface area contributed by atoms with Gasteiger partial charge in [0, 0.05) is 20.6 Å². The summed E-state index contributed by atoms with van der Waals surface area (Å²) >= 11 is 9.58. The number of halogens is 2. The molecule has 0 saturated carbocycles. The van der Waals surface area contributed by atoms with Crippen LogP contribution in [-0.4, -0.2) is 9.55 Å². The average Bonchev–Trinajstić information content (AvgIpc) is 2.57. The molecule has 0 fully saturated rings. The van der Waals surface area contributed by atoms with Gasteiger partial charge in [-0.05, 0) is 45.9 Å². The van der Waals surface area contributed by atoms with Crippen LogP contribution in [0, 0.1) is 6.92 Å². The lowest BCUT2D eigenvalue weighted by Crippen LogP contribution is -2.24. The number of nitrogens with two attached hydrogens (primary N) is 1. The molecule has 0 aliphatic heterocycles. The van der Waals surface area contributed by atoms with E-state index < -0.39 is 0 Å². The monoisotopic (exact) mass is 341 g/mol. The Bertz CT molecular complexity index is 626. The second-order valence-corrected chi connectivity index (χ2v) is 6.81. The van der Waals surface area contributed by atoms with Gasteiger partial charge in [-0.15, -0.1) is 0 Å². The van der Waals surface area contributed by atoms with Crippen molar-refractivity contribution in [2.45, 2.75) is 33.2 Å². The van der Waals surface area contributed by atoms with Crippen molar-refractivity contribution in [2.75, 3.05) is 5.73 Å². The first kappa shape index (κ1) is 14.4. The number of rotatable bonds is 1. The molecule has 102 valence electrons. The number of hydrogen-bond acceptors (Lipinski definition) is 2. The zero-order valence-electron chi connectivity index (χ0n) is 11.5. The molecule has 1 aromatic heterocycles. The van der Waals surface area contributed by atoms with E-state index in [1.54, 1.807) is 0 Å². The molecule has 0 atom stereocenters. The van der Waals surface area contributed by atoms with Crippen LogP contribution in [0.5, 0.6) is 0 Å². The fraction of sp³-hybridized carbons (Fsp3) is 0.357. The smallest absolute Gasteiger partial charge is 0.132 e. The molecule has 2 N–H and O–H groups in total. The maximum Gasteiger partial charge on any atom is 0.132 e. The first-order chi connectivity index (χ1) is 8.71. The Hall–Kier alpha value is -1.00. The SMILES string of the molecule is Cc1nc(-c2cc(Cl)ccc2Br)c(N)n1C(C)(C)C. The summed E-state index contributed by atoms with van der Waals surface area (Å²) in [5, 5.41) is 0.667. The number of hydrogen-bond donors (Lipinski definition) is 1. The van der Waals surface area contributed by atoms with Crippen molar-refractivity contribution < 1.29 is 0 Å². The van der Waals surface area contributed by atoms with Crippen LogP contribution in [0.3, 0.4) is 0 Å². The third-order valence-corrected chi connectivity index (χ3v) is 3.86. The Kier molecular flexibility index (Phi) is 3.67. The number of aromatic nitrogens is 2. The van der Waals surface area contributed by atoms with E-state index in [0.717, 1.165) is 21.6 Å². The lowest BCUT2D eigenvalue weighted by Gasteiger charge is -2.24. The predicted octanol–water partition coefficient (Wildman–Crippen LogP) is 4.61. The van der Waals surface area contributed by atoms with Gasteiger partial charge in [0.2, 0.25) is 0 Å². The van der Waals surface area contributed by atoms with Crippen molar-refractivity contribution >= 4 is 33.3 Å². The lowest BCUT2D eigenvalue weighted by molar-refractivity contribution is 0.393. The summed E-state index contributed by atoms with van der Waals surface area (Å²) in [6, 6.07) is 5.61. The van der Waals surface area contributed by atoms with Crippen molar-refractivity contribution in [1.29, 1.82) is 0 Å². The second-order valence-electron chi connectivity index (χ2n) is 5.52. The van der Waals surface area contributed by atoms with Gasteiger partial charge in [0.15, 0.2) is 0 Å². The van der Waals surface area contributed by atoms with E-state index in [9.17, 15) is 0 Å². The summed E-state index contributed by atoms with van der Waals surface area (Å²) in [7, 11) is 0. The zero-order valence-corrected chi connectivity index (χ0v) is 13.8. The van der Waals surface area contributed by atoms with Gasteiger partial charge < -0.3 is 10.3 Å². The highest BCUT2D eigenvalue weighted by atomic mass is 79.9. The second kappa shape index (κ2) is 4.84. The first-order valence-electron chi connectivity index (χ1n) is 6.02. The fourth-order valence-corrected chi connectivity index (χ4v) is 2.88. The van der Waals surface area contributed by atoms with E-state index >= 15 is 0 Å².